The van der Waals surface area contributed by atoms with E-state index in [1.165, 1.54) is 6.08 Å². The van der Waals surface area contributed by atoms with Gasteiger partial charge in [0.15, 0.2) is 11.4 Å². The quantitative estimate of drug-likeness (QED) is 0.632. The molecule has 0 unspecified atom stereocenters. The molecule has 1 aliphatic rings. The summed E-state index contributed by atoms with van der Waals surface area (Å²) in [5, 5.41) is 9.47. The second-order valence-corrected chi connectivity index (χ2v) is 4.13. The van der Waals surface area contributed by atoms with E-state index in [-0.39, 0.29) is 0 Å². The van der Waals surface area contributed by atoms with Crippen LogP contribution in [0.25, 0.3) is 0 Å². The number of carbonyl (C=O) groups is 1. The fraction of sp³-hybridized carbons (Fsp3) is 0.667. The van der Waals surface area contributed by atoms with Gasteiger partial charge >= 0.3 is 6.16 Å². The predicted molar refractivity (Wildman–Crippen MR) is 46.0 cm³/mol. The second-order valence-electron chi connectivity index (χ2n) is 4.13. The summed E-state index contributed by atoms with van der Waals surface area (Å²) in [7, 11) is 0. The second kappa shape index (κ2) is 2.73. The van der Waals surface area contributed by atoms with Crippen LogP contribution in [0.15, 0.2) is 11.8 Å². The predicted octanol–water partition coefficient (Wildman–Crippen LogP) is 1.59. The van der Waals surface area contributed by atoms with Crippen molar-refractivity contribution in [2.75, 3.05) is 0 Å². The fourth-order valence-electron chi connectivity index (χ4n) is 1.02. The van der Waals surface area contributed by atoms with Crippen LogP contribution < -0.4 is 0 Å². The van der Waals surface area contributed by atoms with Crippen LogP contribution in [0.3, 0.4) is 0 Å². The first kappa shape index (κ1) is 10.1. The van der Waals surface area contributed by atoms with Crippen LogP contribution in [0, 0.1) is 0 Å². The lowest BCUT2D eigenvalue weighted by Crippen LogP contribution is -2.24. The zero-order chi connectivity index (χ0) is 10.3. The molecule has 1 saturated heterocycles. The Morgan fingerprint density at radius 2 is 2.00 bits per heavy atom. The summed E-state index contributed by atoms with van der Waals surface area (Å²) in [6.07, 6.45) is 0.748. The first-order valence-electron chi connectivity index (χ1n) is 4.07. The molecule has 0 saturated carbocycles. The summed E-state index contributed by atoms with van der Waals surface area (Å²) in [6, 6.07) is 0. The molecule has 0 aromatic rings. The minimum atomic E-state index is -1.01. The normalized spacial score (nSPS) is 24.4. The number of cyclic esters (lactones) is 2. The van der Waals surface area contributed by atoms with Crippen LogP contribution in [-0.2, 0) is 9.47 Å². The van der Waals surface area contributed by atoms with Crippen molar-refractivity contribution in [3.8, 4) is 0 Å². The van der Waals surface area contributed by atoms with Gasteiger partial charge in [0.1, 0.15) is 0 Å². The van der Waals surface area contributed by atoms with Gasteiger partial charge in [-0.2, -0.15) is 0 Å². The Hall–Kier alpha value is -1.03. The first-order chi connectivity index (χ1) is 5.71. The lowest BCUT2D eigenvalue weighted by atomic mass is 10.0. The first-order valence-corrected chi connectivity index (χ1v) is 4.07. The molecule has 0 spiro atoms. The molecule has 0 amide bonds. The third kappa shape index (κ3) is 2.45. The molecular weight excluding hydrogens is 172 g/mol. The number of hydrogen-bond donors (Lipinski definition) is 1. The Labute approximate surface area is 77.1 Å². The summed E-state index contributed by atoms with van der Waals surface area (Å²) < 4.78 is 9.66. The van der Waals surface area contributed by atoms with Gasteiger partial charge < -0.3 is 14.6 Å². The topological polar surface area (TPSA) is 55.8 Å². The van der Waals surface area contributed by atoms with Crippen molar-refractivity contribution in [3.63, 3.8) is 0 Å². The molecule has 13 heavy (non-hydrogen) atoms. The molecule has 1 aliphatic heterocycles. The molecule has 74 valence electrons. The third-order valence-corrected chi connectivity index (χ3v) is 1.61. The largest absolute Gasteiger partial charge is 0.514 e. The Morgan fingerprint density at radius 1 is 1.46 bits per heavy atom. The summed E-state index contributed by atoms with van der Waals surface area (Å²) in [6.45, 7) is 6.61. The van der Waals surface area contributed by atoms with Gasteiger partial charge in [-0.15, -0.1) is 0 Å². The van der Waals surface area contributed by atoms with E-state index in [1.54, 1.807) is 27.7 Å². The van der Waals surface area contributed by atoms with E-state index in [2.05, 4.69) is 0 Å². The van der Waals surface area contributed by atoms with E-state index in [0.29, 0.717) is 5.76 Å². The zero-order valence-electron chi connectivity index (χ0n) is 8.25. The van der Waals surface area contributed by atoms with Gasteiger partial charge in [0.05, 0.1) is 5.60 Å². The lowest BCUT2D eigenvalue weighted by Gasteiger charge is -2.18. The molecule has 1 rings (SSSR count). The molecule has 0 atom stereocenters. The summed E-state index contributed by atoms with van der Waals surface area (Å²) >= 11 is 0. The van der Waals surface area contributed by atoms with Crippen LogP contribution in [0.4, 0.5) is 4.79 Å². The van der Waals surface area contributed by atoms with Gasteiger partial charge in [-0.25, -0.2) is 4.79 Å². The SMILES string of the molecule is CC(C)(O)C=C1OC(=O)OC1(C)C. The highest BCUT2D eigenvalue weighted by molar-refractivity contribution is 5.66. The minimum absolute atomic E-state index is 0.352. The zero-order valence-corrected chi connectivity index (χ0v) is 8.25. The number of aliphatic hydroxyl groups is 1. The number of ether oxygens (including phenoxy) is 2. The monoisotopic (exact) mass is 186 g/mol. The van der Waals surface area contributed by atoms with Crippen molar-refractivity contribution < 1.29 is 19.4 Å². The Morgan fingerprint density at radius 3 is 2.31 bits per heavy atom. The lowest BCUT2D eigenvalue weighted by molar-refractivity contribution is 0.0861. The van der Waals surface area contributed by atoms with E-state index in [1.807, 2.05) is 0 Å². The van der Waals surface area contributed by atoms with Crippen LogP contribution in [0.5, 0.6) is 0 Å². The number of hydrogen-bond acceptors (Lipinski definition) is 4. The molecule has 0 aromatic carbocycles. The minimum Gasteiger partial charge on any atom is -0.420 e. The smallest absolute Gasteiger partial charge is 0.420 e. The molecule has 1 N–H and O–H groups in total. The Balaban J connectivity index is 2.94. The third-order valence-electron chi connectivity index (χ3n) is 1.61. The molecular formula is C9H14O4. The van der Waals surface area contributed by atoms with Crippen molar-refractivity contribution in [3.05, 3.63) is 11.8 Å². The highest BCUT2D eigenvalue weighted by Gasteiger charge is 2.40. The maximum atomic E-state index is 10.8. The molecule has 1 fully saturated rings. The number of carbonyl (C=O) groups excluding carboxylic acids is 1. The van der Waals surface area contributed by atoms with Crippen molar-refractivity contribution in [1.29, 1.82) is 0 Å². The van der Waals surface area contributed by atoms with Crippen LogP contribution in [-0.4, -0.2) is 22.5 Å². The van der Waals surface area contributed by atoms with E-state index < -0.39 is 17.4 Å². The van der Waals surface area contributed by atoms with Gasteiger partial charge in [-0.3, -0.25) is 0 Å². The molecule has 0 radical (unpaired) electrons. The average molecular weight is 186 g/mol. The van der Waals surface area contributed by atoms with Crippen LogP contribution >= 0.6 is 0 Å². The maximum Gasteiger partial charge on any atom is 0.514 e. The van der Waals surface area contributed by atoms with Crippen LogP contribution in [0.2, 0.25) is 0 Å². The van der Waals surface area contributed by atoms with E-state index in [4.69, 9.17) is 9.47 Å². The van der Waals surface area contributed by atoms with Gasteiger partial charge in [0.2, 0.25) is 0 Å². The fourth-order valence-corrected chi connectivity index (χ4v) is 1.02. The van der Waals surface area contributed by atoms with Crippen molar-refractivity contribution >= 4 is 6.16 Å². The highest BCUT2D eigenvalue weighted by atomic mass is 16.8. The maximum absolute atomic E-state index is 10.8. The van der Waals surface area contributed by atoms with Crippen molar-refractivity contribution in [2.45, 2.75) is 38.9 Å². The van der Waals surface area contributed by atoms with Gasteiger partial charge in [-0.05, 0) is 33.8 Å². The molecule has 0 bridgehead atoms. The van der Waals surface area contributed by atoms with E-state index in [0.717, 1.165) is 0 Å². The number of rotatable bonds is 1. The van der Waals surface area contributed by atoms with Gasteiger partial charge in [0.25, 0.3) is 0 Å². The molecule has 4 nitrogen and oxygen atoms in total. The molecule has 1 heterocycles. The van der Waals surface area contributed by atoms with Gasteiger partial charge in [-0.1, -0.05) is 0 Å². The van der Waals surface area contributed by atoms with Crippen molar-refractivity contribution in [1.82, 2.24) is 0 Å². The summed E-state index contributed by atoms with van der Waals surface area (Å²) in [5.74, 6) is 0.352. The van der Waals surface area contributed by atoms with E-state index in [9.17, 15) is 9.90 Å². The van der Waals surface area contributed by atoms with E-state index >= 15 is 0 Å². The Kier molecular flexibility index (Phi) is 2.11. The van der Waals surface area contributed by atoms with Crippen LogP contribution in [0.1, 0.15) is 27.7 Å². The van der Waals surface area contributed by atoms with Gasteiger partial charge in [0, 0.05) is 0 Å². The highest BCUT2D eigenvalue weighted by Crippen LogP contribution is 2.31. The summed E-state index contributed by atoms with van der Waals surface area (Å²) in [5.41, 5.74) is -1.79. The molecule has 0 aliphatic carbocycles. The average Bonchev–Trinajstić information content (AvgIpc) is 2.00. The molecule has 0 aromatic heterocycles. The standard InChI is InChI=1S/C9H14O4/c1-8(2,11)5-6-9(3,4)13-7(10)12-6/h5,11H,1-4H3. The molecule has 4 heteroatoms. The summed E-state index contributed by atoms with van der Waals surface area (Å²) in [4.78, 5) is 10.8. The van der Waals surface area contributed by atoms with Crippen molar-refractivity contribution in [2.24, 2.45) is 0 Å². The Bertz CT molecular complexity index is 257.